The summed E-state index contributed by atoms with van der Waals surface area (Å²) in [6.07, 6.45) is 1.30. The Morgan fingerprint density at radius 3 is 2.47 bits per heavy atom. The van der Waals surface area contributed by atoms with Crippen LogP contribution in [0.5, 0.6) is 5.75 Å². The Balaban J connectivity index is 3.24. The maximum absolute atomic E-state index is 11.5. The van der Waals surface area contributed by atoms with Gasteiger partial charge in [-0.3, -0.25) is 4.98 Å². The Kier molecular flexibility index (Phi) is 3.34. The van der Waals surface area contributed by atoms with E-state index in [-0.39, 0.29) is 22.3 Å². The van der Waals surface area contributed by atoms with Gasteiger partial charge in [0.05, 0.1) is 16.3 Å². The summed E-state index contributed by atoms with van der Waals surface area (Å²) < 4.78 is 23.0. The van der Waals surface area contributed by atoms with Gasteiger partial charge < -0.3 is 5.11 Å². The van der Waals surface area contributed by atoms with Crippen LogP contribution in [0.2, 0.25) is 0 Å². The molecule has 0 saturated carbocycles. The fourth-order valence-corrected chi connectivity index (χ4v) is 2.06. The molecule has 0 saturated heterocycles. The molecule has 0 fully saturated rings. The summed E-state index contributed by atoms with van der Waals surface area (Å²) in [6, 6.07) is 1.27. The number of sulfone groups is 1. The third-order valence-corrected chi connectivity index (χ3v) is 3.86. The fraction of sp³-hybridized carbons (Fsp3) is 0.500. The molecule has 0 aliphatic heterocycles. The van der Waals surface area contributed by atoms with Gasteiger partial charge in [0.25, 0.3) is 0 Å². The number of rotatable bonds is 3. The molecule has 15 heavy (non-hydrogen) atoms. The monoisotopic (exact) mass is 229 g/mol. The molecule has 0 unspecified atom stereocenters. The van der Waals surface area contributed by atoms with Crippen LogP contribution in [0.15, 0.2) is 17.2 Å². The Morgan fingerprint density at radius 2 is 2.07 bits per heavy atom. The molecule has 0 bridgehead atoms. The standard InChI is InChI=1S/C10H15NO3S/c1-4-15(13,14)8-5-9(12)10(7(2)3)11-6-8/h5-7,12H,4H2,1-3H3. The molecule has 0 amide bonds. The van der Waals surface area contributed by atoms with Gasteiger partial charge in [-0.1, -0.05) is 20.8 Å². The average molecular weight is 229 g/mol. The smallest absolute Gasteiger partial charge is 0.179 e. The third kappa shape index (κ3) is 2.47. The van der Waals surface area contributed by atoms with Crippen LogP contribution in [0.25, 0.3) is 0 Å². The first-order chi connectivity index (χ1) is 6.88. The van der Waals surface area contributed by atoms with Crippen molar-refractivity contribution in [3.63, 3.8) is 0 Å². The number of aromatic nitrogens is 1. The molecule has 1 aromatic heterocycles. The van der Waals surface area contributed by atoms with Crippen LogP contribution in [0.4, 0.5) is 0 Å². The molecule has 1 N–H and O–H groups in total. The van der Waals surface area contributed by atoms with Gasteiger partial charge in [-0.2, -0.15) is 0 Å². The second-order valence-electron chi connectivity index (χ2n) is 3.63. The lowest BCUT2D eigenvalue weighted by Crippen LogP contribution is -2.05. The van der Waals surface area contributed by atoms with E-state index < -0.39 is 9.84 Å². The molecule has 1 aromatic rings. The molecule has 0 atom stereocenters. The molecule has 1 heterocycles. The predicted molar refractivity (Wildman–Crippen MR) is 57.7 cm³/mol. The number of pyridine rings is 1. The first kappa shape index (κ1) is 12.0. The third-order valence-electron chi connectivity index (χ3n) is 2.16. The van der Waals surface area contributed by atoms with Crippen LogP contribution in [0.1, 0.15) is 32.4 Å². The zero-order chi connectivity index (χ0) is 11.6. The average Bonchev–Trinajstić information content (AvgIpc) is 2.17. The van der Waals surface area contributed by atoms with Crippen molar-refractivity contribution in [2.45, 2.75) is 31.6 Å². The van der Waals surface area contributed by atoms with Crippen molar-refractivity contribution in [1.29, 1.82) is 0 Å². The first-order valence-electron chi connectivity index (χ1n) is 4.80. The Labute approximate surface area is 89.9 Å². The van der Waals surface area contributed by atoms with E-state index in [0.29, 0.717) is 5.69 Å². The van der Waals surface area contributed by atoms with Crippen LogP contribution in [-0.4, -0.2) is 24.3 Å². The van der Waals surface area contributed by atoms with Gasteiger partial charge in [0.1, 0.15) is 5.75 Å². The van der Waals surface area contributed by atoms with Crippen LogP contribution in [0, 0.1) is 0 Å². The van der Waals surface area contributed by atoms with E-state index >= 15 is 0 Å². The highest BCUT2D eigenvalue weighted by atomic mass is 32.2. The zero-order valence-electron chi connectivity index (χ0n) is 9.06. The van der Waals surface area contributed by atoms with Crippen molar-refractivity contribution in [2.24, 2.45) is 0 Å². The zero-order valence-corrected chi connectivity index (χ0v) is 9.87. The molecule has 4 nitrogen and oxygen atoms in total. The van der Waals surface area contributed by atoms with Gasteiger partial charge in [-0.15, -0.1) is 0 Å². The summed E-state index contributed by atoms with van der Waals surface area (Å²) >= 11 is 0. The van der Waals surface area contributed by atoms with Gasteiger partial charge in [0.2, 0.25) is 0 Å². The molecule has 0 aliphatic rings. The van der Waals surface area contributed by atoms with Crippen molar-refractivity contribution < 1.29 is 13.5 Å². The lowest BCUT2D eigenvalue weighted by molar-refractivity contribution is 0.457. The minimum Gasteiger partial charge on any atom is -0.506 e. The van der Waals surface area contributed by atoms with Crippen molar-refractivity contribution in [2.75, 3.05) is 5.75 Å². The highest BCUT2D eigenvalue weighted by Crippen LogP contribution is 2.25. The molecular formula is C10H15NO3S. The van der Waals surface area contributed by atoms with E-state index in [9.17, 15) is 13.5 Å². The molecule has 84 valence electrons. The summed E-state index contributed by atoms with van der Waals surface area (Å²) in [5.74, 6) is 0.0257. The number of hydrogen-bond acceptors (Lipinski definition) is 4. The molecule has 5 heteroatoms. The van der Waals surface area contributed by atoms with E-state index in [0.717, 1.165) is 0 Å². The highest BCUT2D eigenvalue weighted by molar-refractivity contribution is 7.91. The normalized spacial score (nSPS) is 12.0. The maximum atomic E-state index is 11.5. The maximum Gasteiger partial charge on any atom is 0.179 e. The Hall–Kier alpha value is -1.10. The minimum absolute atomic E-state index is 0.00907. The van der Waals surface area contributed by atoms with Gasteiger partial charge in [0, 0.05) is 12.3 Å². The molecular weight excluding hydrogens is 214 g/mol. The van der Waals surface area contributed by atoms with E-state index in [1.807, 2.05) is 13.8 Å². The fourth-order valence-electron chi connectivity index (χ4n) is 1.23. The summed E-state index contributed by atoms with van der Waals surface area (Å²) in [7, 11) is -3.29. The first-order valence-corrected chi connectivity index (χ1v) is 6.45. The quantitative estimate of drug-likeness (QED) is 0.856. The Morgan fingerprint density at radius 1 is 1.47 bits per heavy atom. The van der Waals surface area contributed by atoms with Gasteiger partial charge in [0.15, 0.2) is 9.84 Å². The SMILES string of the molecule is CCS(=O)(=O)c1cnc(C(C)C)c(O)c1. The van der Waals surface area contributed by atoms with Gasteiger partial charge in [-0.25, -0.2) is 8.42 Å². The van der Waals surface area contributed by atoms with Crippen molar-refractivity contribution in [3.05, 3.63) is 18.0 Å². The van der Waals surface area contributed by atoms with Crippen LogP contribution < -0.4 is 0 Å². The number of hydrogen-bond donors (Lipinski definition) is 1. The van der Waals surface area contributed by atoms with Gasteiger partial charge in [-0.05, 0) is 5.92 Å². The van der Waals surface area contributed by atoms with E-state index in [1.54, 1.807) is 6.92 Å². The summed E-state index contributed by atoms with van der Waals surface area (Å²) in [5.41, 5.74) is 0.519. The molecule has 0 radical (unpaired) electrons. The van der Waals surface area contributed by atoms with Crippen molar-refractivity contribution in [1.82, 2.24) is 4.98 Å². The minimum atomic E-state index is -3.29. The largest absolute Gasteiger partial charge is 0.506 e. The molecule has 0 aromatic carbocycles. The summed E-state index contributed by atoms with van der Waals surface area (Å²) in [5, 5.41) is 9.59. The van der Waals surface area contributed by atoms with E-state index in [4.69, 9.17) is 0 Å². The topological polar surface area (TPSA) is 67.3 Å². The number of aromatic hydroxyl groups is 1. The molecule has 1 rings (SSSR count). The lowest BCUT2D eigenvalue weighted by Gasteiger charge is -2.08. The number of nitrogens with zero attached hydrogens (tertiary/aromatic N) is 1. The van der Waals surface area contributed by atoms with Crippen LogP contribution in [-0.2, 0) is 9.84 Å². The van der Waals surface area contributed by atoms with E-state index in [1.165, 1.54) is 12.3 Å². The summed E-state index contributed by atoms with van der Waals surface area (Å²) in [6.45, 7) is 5.33. The Bertz CT molecular complexity index is 452. The molecule has 0 aliphatic carbocycles. The second kappa shape index (κ2) is 4.18. The van der Waals surface area contributed by atoms with Crippen LogP contribution in [0.3, 0.4) is 0 Å². The second-order valence-corrected chi connectivity index (χ2v) is 5.91. The molecule has 0 spiro atoms. The van der Waals surface area contributed by atoms with Crippen LogP contribution >= 0.6 is 0 Å². The summed E-state index contributed by atoms with van der Waals surface area (Å²) in [4.78, 5) is 4.04. The predicted octanol–water partition coefficient (Wildman–Crippen LogP) is 1.70. The van der Waals surface area contributed by atoms with E-state index in [2.05, 4.69) is 4.98 Å². The lowest BCUT2D eigenvalue weighted by atomic mass is 10.1. The van der Waals surface area contributed by atoms with Crippen molar-refractivity contribution >= 4 is 9.84 Å². The van der Waals surface area contributed by atoms with Gasteiger partial charge >= 0.3 is 0 Å². The van der Waals surface area contributed by atoms with Crippen molar-refractivity contribution in [3.8, 4) is 5.75 Å². The highest BCUT2D eigenvalue weighted by Gasteiger charge is 2.15.